The van der Waals surface area contributed by atoms with E-state index in [-0.39, 0.29) is 18.6 Å². The second kappa shape index (κ2) is 10.3. The maximum absolute atomic E-state index is 11.6. The van der Waals surface area contributed by atoms with Crippen LogP contribution in [0.1, 0.15) is 6.42 Å². The van der Waals surface area contributed by atoms with Gasteiger partial charge in [0.15, 0.2) is 5.16 Å². The molecule has 2 rings (SSSR count). The molecule has 2 heterocycles. The zero-order valence-electron chi connectivity index (χ0n) is 14.1. The van der Waals surface area contributed by atoms with E-state index >= 15 is 0 Å². The summed E-state index contributed by atoms with van der Waals surface area (Å²) in [5, 5.41) is 16.9. The van der Waals surface area contributed by atoms with Gasteiger partial charge in [-0.2, -0.15) is 0 Å². The number of aliphatic hydroxyl groups excluding tert-OH is 1. The van der Waals surface area contributed by atoms with Crippen LogP contribution in [0.3, 0.4) is 0 Å². The van der Waals surface area contributed by atoms with Crippen molar-refractivity contribution in [2.45, 2.75) is 29.2 Å². The third-order valence-electron chi connectivity index (χ3n) is 3.69. The molecule has 1 aromatic rings. The monoisotopic (exact) mass is 368 g/mol. The van der Waals surface area contributed by atoms with Gasteiger partial charge >= 0.3 is 6.09 Å². The average molecular weight is 368 g/mol. The summed E-state index contributed by atoms with van der Waals surface area (Å²) < 4.78 is 10.8. The SMILES string of the molecule is C=CCOC(=O)NCC1CC(CNC)[C@H](O)C(Sc2ncccn2)O1. The summed E-state index contributed by atoms with van der Waals surface area (Å²) in [7, 11) is 1.84. The van der Waals surface area contributed by atoms with Crippen molar-refractivity contribution in [1.82, 2.24) is 20.6 Å². The van der Waals surface area contributed by atoms with Gasteiger partial charge < -0.3 is 25.2 Å². The molecule has 1 aromatic heterocycles. The first-order valence-corrected chi connectivity index (χ1v) is 8.95. The van der Waals surface area contributed by atoms with Crippen LogP contribution in [0, 0.1) is 5.92 Å². The summed E-state index contributed by atoms with van der Waals surface area (Å²) in [6.07, 6.45) is 3.99. The van der Waals surface area contributed by atoms with Crippen molar-refractivity contribution in [3.8, 4) is 0 Å². The highest BCUT2D eigenvalue weighted by Gasteiger charge is 2.38. The minimum absolute atomic E-state index is 0.00374. The van der Waals surface area contributed by atoms with Crippen LogP contribution in [0.25, 0.3) is 0 Å². The van der Waals surface area contributed by atoms with Crippen molar-refractivity contribution in [2.24, 2.45) is 5.92 Å². The number of amides is 1. The zero-order chi connectivity index (χ0) is 18.1. The molecule has 0 bridgehead atoms. The van der Waals surface area contributed by atoms with Crippen LogP contribution < -0.4 is 10.6 Å². The van der Waals surface area contributed by atoms with Gasteiger partial charge in [-0.3, -0.25) is 0 Å². The Morgan fingerprint density at radius 1 is 1.52 bits per heavy atom. The van der Waals surface area contributed by atoms with Crippen molar-refractivity contribution >= 4 is 17.9 Å². The summed E-state index contributed by atoms with van der Waals surface area (Å²) in [6.45, 7) is 4.60. The molecule has 4 atom stereocenters. The Bertz CT molecular complexity index is 548. The quantitative estimate of drug-likeness (QED) is 0.457. The highest BCUT2D eigenvalue weighted by molar-refractivity contribution is 7.99. The summed E-state index contributed by atoms with van der Waals surface area (Å²) in [6, 6.07) is 1.73. The highest BCUT2D eigenvalue weighted by Crippen LogP contribution is 2.33. The zero-order valence-corrected chi connectivity index (χ0v) is 14.9. The lowest BCUT2D eigenvalue weighted by Crippen LogP contribution is -2.49. The second-order valence-corrected chi connectivity index (χ2v) is 6.65. The Hall–Kier alpha value is -1.68. The van der Waals surface area contributed by atoms with E-state index < -0.39 is 17.6 Å². The minimum Gasteiger partial charge on any atom is -0.445 e. The summed E-state index contributed by atoms with van der Waals surface area (Å²) >= 11 is 1.27. The Morgan fingerprint density at radius 2 is 2.28 bits per heavy atom. The molecule has 8 nitrogen and oxygen atoms in total. The molecule has 1 saturated heterocycles. The number of nitrogens with zero attached hydrogens (tertiary/aromatic N) is 2. The van der Waals surface area contributed by atoms with Gasteiger partial charge in [0.25, 0.3) is 0 Å². The van der Waals surface area contributed by atoms with Gasteiger partial charge in [0, 0.05) is 31.4 Å². The van der Waals surface area contributed by atoms with Crippen molar-refractivity contribution in [3.05, 3.63) is 31.1 Å². The van der Waals surface area contributed by atoms with Gasteiger partial charge in [0.2, 0.25) is 0 Å². The van der Waals surface area contributed by atoms with Crippen LogP contribution in [0.5, 0.6) is 0 Å². The van der Waals surface area contributed by atoms with Crippen molar-refractivity contribution in [3.63, 3.8) is 0 Å². The number of thioether (sulfide) groups is 1. The van der Waals surface area contributed by atoms with Gasteiger partial charge in [-0.25, -0.2) is 14.8 Å². The lowest BCUT2D eigenvalue weighted by molar-refractivity contribution is -0.103. The molecule has 1 amide bonds. The fraction of sp³-hybridized carbons (Fsp3) is 0.562. The molecular weight excluding hydrogens is 344 g/mol. The van der Waals surface area contributed by atoms with Gasteiger partial charge in [0.05, 0.1) is 12.2 Å². The first-order valence-electron chi connectivity index (χ1n) is 8.07. The Kier molecular flexibility index (Phi) is 8.13. The summed E-state index contributed by atoms with van der Waals surface area (Å²) in [5.74, 6) is -0.00374. The van der Waals surface area contributed by atoms with Crippen LogP contribution in [-0.4, -0.2) is 65.6 Å². The lowest BCUT2D eigenvalue weighted by Gasteiger charge is -2.38. The number of ether oxygens (including phenoxy) is 2. The number of nitrogens with one attached hydrogen (secondary N) is 2. The number of hydrogen-bond acceptors (Lipinski definition) is 8. The molecule has 3 unspecified atom stereocenters. The number of alkyl carbamates (subject to hydrolysis) is 1. The highest BCUT2D eigenvalue weighted by atomic mass is 32.2. The summed E-state index contributed by atoms with van der Waals surface area (Å²) in [5.41, 5.74) is -0.509. The molecule has 3 N–H and O–H groups in total. The number of aromatic nitrogens is 2. The third-order valence-corrected chi connectivity index (χ3v) is 4.73. The van der Waals surface area contributed by atoms with E-state index in [9.17, 15) is 9.90 Å². The fourth-order valence-corrected chi connectivity index (χ4v) is 3.58. The van der Waals surface area contributed by atoms with Crippen molar-refractivity contribution in [1.29, 1.82) is 0 Å². The predicted molar refractivity (Wildman–Crippen MR) is 94.1 cm³/mol. The van der Waals surface area contributed by atoms with Crippen LogP contribution in [-0.2, 0) is 9.47 Å². The number of hydrogen-bond donors (Lipinski definition) is 3. The van der Waals surface area contributed by atoms with E-state index in [0.29, 0.717) is 24.7 Å². The first kappa shape index (κ1) is 19.6. The molecule has 1 fully saturated rings. The standard InChI is InChI=1S/C16H24N4O4S/c1-3-7-23-16(22)20-10-12-8-11(9-17-2)13(21)14(24-12)25-15-18-5-4-6-19-15/h3-6,11-14,17,21H,1,7-10H2,2H3,(H,20,22)/t11?,12?,13-,14?/m0/s1. The minimum atomic E-state index is -0.662. The maximum Gasteiger partial charge on any atom is 0.407 e. The topological polar surface area (TPSA) is 106 Å². The Labute approximate surface area is 151 Å². The molecule has 0 radical (unpaired) electrons. The molecular formula is C16H24N4O4S. The van der Waals surface area contributed by atoms with E-state index in [4.69, 9.17) is 9.47 Å². The summed E-state index contributed by atoms with van der Waals surface area (Å²) in [4.78, 5) is 19.9. The van der Waals surface area contributed by atoms with Gasteiger partial charge in [0.1, 0.15) is 12.0 Å². The average Bonchev–Trinajstić information content (AvgIpc) is 2.62. The van der Waals surface area contributed by atoms with Crippen LogP contribution >= 0.6 is 11.8 Å². The van der Waals surface area contributed by atoms with Crippen molar-refractivity contribution in [2.75, 3.05) is 26.7 Å². The molecule has 1 aliphatic heterocycles. The number of carbonyl (C=O) groups is 1. The van der Waals surface area contributed by atoms with Crippen molar-refractivity contribution < 1.29 is 19.4 Å². The van der Waals surface area contributed by atoms with E-state index in [1.807, 2.05) is 7.05 Å². The fourth-order valence-electron chi connectivity index (χ4n) is 2.55. The second-order valence-electron chi connectivity index (χ2n) is 5.59. The van der Waals surface area contributed by atoms with Gasteiger partial charge in [-0.15, -0.1) is 0 Å². The molecule has 1 aliphatic rings. The number of carbonyl (C=O) groups excluding carboxylic acids is 1. The normalized spacial score (nSPS) is 26.0. The molecule has 0 saturated carbocycles. The number of rotatable bonds is 8. The van der Waals surface area contributed by atoms with E-state index in [1.165, 1.54) is 17.8 Å². The van der Waals surface area contributed by atoms with E-state index in [0.717, 1.165) is 0 Å². The molecule has 0 spiro atoms. The molecule has 0 aromatic carbocycles. The molecule has 25 heavy (non-hydrogen) atoms. The molecule has 0 aliphatic carbocycles. The van der Waals surface area contributed by atoms with Gasteiger partial charge in [-0.1, -0.05) is 24.4 Å². The van der Waals surface area contributed by atoms with Crippen LogP contribution in [0.15, 0.2) is 36.3 Å². The largest absolute Gasteiger partial charge is 0.445 e. The van der Waals surface area contributed by atoms with Crippen LogP contribution in [0.2, 0.25) is 0 Å². The number of aliphatic hydroxyl groups is 1. The smallest absolute Gasteiger partial charge is 0.407 e. The maximum atomic E-state index is 11.6. The predicted octanol–water partition coefficient (Wildman–Crippen LogP) is 0.792. The Morgan fingerprint density at radius 3 is 2.96 bits per heavy atom. The Balaban J connectivity index is 1.95. The van der Waals surface area contributed by atoms with Crippen LogP contribution in [0.4, 0.5) is 4.79 Å². The van der Waals surface area contributed by atoms with E-state index in [2.05, 4.69) is 27.2 Å². The first-order chi connectivity index (χ1) is 12.1. The van der Waals surface area contributed by atoms with Gasteiger partial charge in [-0.05, 0) is 19.5 Å². The molecule has 138 valence electrons. The lowest BCUT2D eigenvalue weighted by atomic mass is 9.92. The molecule has 9 heteroatoms. The third kappa shape index (κ3) is 6.28. The van der Waals surface area contributed by atoms with E-state index in [1.54, 1.807) is 18.5 Å².